The fraction of sp³-hybridized carbons (Fsp3) is 0.400. The Hall–Kier alpha value is -3.35. The van der Waals surface area contributed by atoms with Crippen molar-refractivity contribution in [1.82, 2.24) is 15.0 Å². The molecule has 7 heteroatoms. The molecule has 0 bridgehead atoms. The number of likely N-dealkylation sites (tertiary alicyclic amines) is 1. The Kier molecular flexibility index (Phi) is 6.73. The maximum atomic E-state index is 12.6. The van der Waals surface area contributed by atoms with Crippen LogP contribution in [0, 0.1) is 6.92 Å². The van der Waals surface area contributed by atoms with Crippen LogP contribution < -0.4 is 9.47 Å². The highest BCUT2D eigenvalue weighted by Gasteiger charge is 2.33. The number of hydrogen-bond acceptors (Lipinski definition) is 6. The SMILES string of the molecule is CCOc1ccc(CCN2CC(c3noc(-c4cccc(C)c4)n3)CC2=O)cc1OCC. The fourth-order valence-electron chi connectivity index (χ4n) is 3.97. The van der Waals surface area contributed by atoms with Gasteiger partial charge in [0.15, 0.2) is 17.3 Å². The Bertz CT molecular complexity index is 1080. The molecule has 3 aromatic rings. The van der Waals surface area contributed by atoms with Crippen molar-refractivity contribution >= 4 is 5.91 Å². The smallest absolute Gasteiger partial charge is 0.257 e. The predicted molar refractivity (Wildman–Crippen MR) is 121 cm³/mol. The van der Waals surface area contributed by atoms with E-state index in [2.05, 4.69) is 10.1 Å². The van der Waals surface area contributed by atoms with Gasteiger partial charge in [0.05, 0.1) is 13.2 Å². The molecule has 0 spiro atoms. The molecule has 0 radical (unpaired) electrons. The number of aromatic nitrogens is 2. The van der Waals surface area contributed by atoms with Crippen LogP contribution >= 0.6 is 0 Å². The van der Waals surface area contributed by atoms with Crippen LogP contribution in [0.4, 0.5) is 0 Å². The average Bonchev–Trinajstić information content (AvgIpc) is 3.41. The monoisotopic (exact) mass is 435 g/mol. The van der Waals surface area contributed by atoms with Crippen LogP contribution in [0.3, 0.4) is 0 Å². The number of carbonyl (C=O) groups is 1. The summed E-state index contributed by atoms with van der Waals surface area (Å²) < 4.78 is 16.8. The highest BCUT2D eigenvalue weighted by Crippen LogP contribution is 2.31. The van der Waals surface area contributed by atoms with E-state index in [9.17, 15) is 4.79 Å². The zero-order valence-corrected chi connectivity index (χ0v) is 18.8. The van der Waals surface area contributed by atoms with E-state index in [0.29, 0.717) is 44.4 Å². The Morgan fingerprint density at radius 1 is 1.09 bits per heavy atom. The first-order chi connectivity index (χ1) is 15.6. The largest absolute Gasteiger partial charge is 0.490 e. The van der Waals surface area contributed by atoms with Gasteiger partial charge >= 0.3 is 0 Å². The molecule has 0 aliphatic carbocycles. The van der Waals surface area contributed by atoms with Gasteiger partial charge in [0, 0.05) is 31.0 Å². The van der Waals surface area contributed by atoms with Crippen LogP contribution in [-0.2, 0) is 11.2 Å². The van der Waals surface area contributed by atoms with Gasteiger partial charge < -0.3 is 18.9 Å². The van der Waals surface area contributed by atoms with E-state index in [-0.39, 0.29) is 11.8 Å². The topological polar surface area (TPSA) is 77.7 Å². The minimum Gasteiger partial charge on any atom is -0.490 e. The summed E-state index contributed by atoms with van der Waals surface area (Å²) in [5.41, 5.74) is 3.13. The predicted octanol–water partition coefficient (Wildman–Crippen LogP) is 4.40. The summed E-state index contributed by atoms with van der Waals surface area (Å²) in [7, 11) is 0. The Morgan fingerprint density at radius 3 is 2.69 bits per heavy atom. The number of rotatable bonds is 9. The molecule has 1 aromatic heterocycles. The summed E-state index contributed by atoms with van der Waals surface area (Å²) in [5, 5.41) is 4.16. The maximum absolute atomic E-state index is 12.6. The number of nitrogens with zero attached hydrogens (tertiary/aromatic N) is 3. The number of ether oxygens (including phenoxy) is 2. The highest BCUT2D eigenvalue weighted by molar-refractivity contribution is 5.79. The number of carbonyl (C=O) groups excluding carboxylic acids is 1. The average molecular weight is 436 g/mol. The Balaban J connectivity index is 1.39. The van der Waals surface area contributed by atoms with Gasteiger partial charge in [0.25, 0.3) is 5.89 Å². The molecule has 1 aliphatic rings. The van der Waals surface area contributed by atoms with E-state index in [4.69, 9.17) is 14.0 Å². The second kappa shape index (κ2) is 9.85. The van der Waals surface area contributed by atoms with Gasteiger partial charge in [0.1, 0.15) is 0 Å². The summed E-state index contributed by atoms with van der Waals surface area (Å²) in [5.74, 6) is 2.64. The lowest BCUT2D eigenvalue weighted by atomic mass is 10.1. The van der Waals surface area contributed by atoms with Gasteiger partial charge in [-0.25, -0.2) is 0 Å². The van der Waals surface area contributed by atoms with Gasteiger partial charge in [-0.1, -0.05) is 28.9 Å². The first-order valence-electron chi connectivity index (χ1n) is 11.1. The molecule has 1 fully saturated rings. The van der Waals surface area contributed by atoms with Crippen molar-refractivity contribution in [2.75, 3.05) is 26.3 Å². The molecule has 32 heavy (non-hydrogen) atoms. The van der Waals surface area contributed by atoms with Crippen molar-refractivity contribution < 1.29 is 18.8 Å². The third-order valence-corrected chi connectivity index (χ3v) is 5.56. The summed E-state index contributed by atoms with van der Waals surface area (Å²) in [6, 6.07) is 13.9. The fourth-order valence-corrected chi connectivity index (χ4v) is 3.97. The van der Waals surface area contributed by atoms with E-state index < -0.39 is 0 Å². The molecule has 0 saturated carbocycles. The first kappa shape index (κ1) is 21.9. The van der Waals surface area contributed by atoms with Gasteiger partial charge in [-0.3, -0.25) is 4.79 Å². The van der Waals surface area contributed by atoms with Gasteiger partial charge in [-0.05, 0) is 57.0 Å². The van der Waals surface area contributed by atoms with E-state index in [1.54, 1.807) is 0 Å². The molecule has 4 rings (SSSR count). The summed E-state index contributed by atoms with van der Waals surface area (Å²) >= 11 is 0. The van der Waals surface area contributed by atoms with E-state index in [1.807, 2.05) is 68.1 Å². The van der Waals surface area contributed by atoms with Crippen LogP contribution in [0.2, 0.25) is 0 Å². The second-order valence-electron chi connectivity index (χ2n) is 7.97. The second-order valence-corrected chi connectivity index (χ2v) is 7.97. The van der Waals surface area contributed by atoms with Crippen molar-refractivity contribution in [3.8, 4) is 23.0 Å². The number of hydrogen-bond donors (Lipinski definition) is 0. The third-order valence-electron chi connectivity index (χ3n) is 5.56. The Labute approximate surface area is 188 Å². The molecular formula is C25H29N3O4. The van der Waals surface area contributed by atoms with E-state index >= 15 is 0 Å². The normalized spacial score (nSPS) is 15.9. The lowest BCUT2D eigenvalue weighted by Gasteiger charge is -2.17. The lowest BCUT2D eigenvalue weighted by Crippen LogP contribution is -2.27. The molecule has 0 N–H and O–H groups in total. The number of aryl methyl sites for hydroxylation is 1. The zero-order chi connectivity index (χ0) is 22.5. The third kappa shape index (κ3) is 4.93. The number of amides is 1. The molecule has 2 heterocycles. The quantitative estimate of drug-likeness (QED) is 0.496. The van der Waals surface area contributed by atoms with Crippen LogP contribution in [0.15, 0.2) is 47.0 Å². The standard InChI is InChI=1S/C25H29N3O4/c1-4-30-21-10-9-18(14-22(21)31-5-2)11-12-28-16-20(15-23(28)29)24-26-25(32-27-24)19-8-6-7-17(3)13-19/h6-10,13-14,20H,4-5,11-12,15-16H2,1-3H3. The molecular weight excluding hydrogens is 406 g/mol. The molecule has 1 aliphatic heterocycles. The van der Waals surface area contributed by atoms with Crippen molar-refractivity contribution in [2.45, 2.75) is 39.5 Å². The molecule has 2 aromatic carbocycles. The Morgan fingerprint density at radius 2 is 1.91 bits per heavy atom. The minimum atomic E-state index is -0.0517. The van der Waals surface area contributed by atoms with Crippen molar-refractivity contribution in [3.63, 3.8) is 0 Å². The maximum Gasteiger partial charge on any atom is 0.257 e. The molecule has 1 unspecified atom stereocenters. The van der Waals surface area contributed by atoms with Gasteiger partial charge in [-0.15, -0.1) is 0 Å². The van der Waals surface area contributed by atoms with Crippen molar-refractivity contribution in [3.05, 3.63) is 59.4 Å². The molecule has 168 valence electrons. The van der Waals surface area contributed by atoms with Crippen LogP contribution in [0.1, 0.15) is 43.1 Å². The minimum absolute atomic E-state index is 0.0517. The first-order valence-corrected chi connectivity index (χ1v) is 11.1. The highest BCUT2D eigenvalue weighted by atomic mass is 16.5. The summed E-state index contributed by atoms with van der Waals surface area (Å²) in [4.78, 5) is 19.0. The molecule has 1 atom stereocenters. The molecule has 1 saturated heterocycles. The van der Waals surface area contributed by atoms with Crippen molar-refractivity contribution in [1.29, 1.82) is 0 Å². The zero-order valence-electron chi connectivity index (χ0n) is 18.8. The van der Waals surface area contributed by atoms with Gasteiger partial charge in [-0.2, -0.15) is 4.98 Å². The molecule has 7 nitrogen and oxygen atoms in total. The molecule has 1 amide bonds. The van der Waals surface area contributed by atoms with Crippen LogP contribution in [-0.4, -0.2) is 47.3 Å². The summed E-state index contributed by atoms with van der Waals surface area (Å²) in [6.07, 6.45) is 1.14. The summed E-state index contributed by atoms with van der Waals surface area (Å²) in [6.45, 7) is 8.32. The van der Waals surface area contributed by atoms with E-state index in [1.165, 1.54) is 0 Å². The van der Waals surface area contributed by atoms with E-state index in [0.717, 1.165) is 34.6 Å². The number of benzene rings is 2. The van der Waals surface area contributed by atoms with Crippen LogP contribution in [0.25, 0.3) is 11.5 Å². The van der Waals surface area contributed by atoms with Gasteiger partial charge in [0.2, 0.25) is 5.91 Å². The van der Waals surface area contributed by atoms with Crippen molar-refractivity contribution in [2.24, 2.45) is 0 Å². The lowest BCUT2D eigenvalue weighted by molar-refractivity contribution is -0.127. The van der Waals surface area contributed by atoms with Crippen LogP contribution in [0.5, 0.6) is 11.5 Å².